The molecule has 2 aromatic carbocycles. The third kappa shape index (κ3) is 15.0. The number of amides is 2. The molecule has 0 saturated carbocycles. The first-order valence-corrected chi connectivity index (χ1v) is 21.8. The molecule has 3 N–H and O–H groups in total. The van der Waals surface area contributed by atoms with Crippen LogP contribution in [0.2, 0.25) is 0 Å². The minimum atomic E-state index is -0.606. The number of aliphatic hydroxyl groups is 1. The maximum absolute atomic E-state index is 13.8. The number of nitriles is 1. The smallest absolute Gasteiger partial charge is 0.407 e. The van der Waals surface area contributed by atoms with Gasteiger partial charge in [-0.05, 0) is 129 Å². The van der Waals surface area contributed by atoms with Crippen LogP contribution in [-0.2, 0) is 22.6 Å². The topological polar surface area (TPSA) is 223 Å². The number of aryl methyl sites for hydroxylation is 2. The lowest BCUT2D eigenvalue weighted by atomic mass is 10.1. The molecule has 2 aliphatic rings. The minimum absolute atomic E-state index is 0.0220. The van der Waals surface area contributed by atoms with E-state index in [9.17, 15) is 33.2 Å². The number of nitrogens with one attached hydrogen (secondary N) is 2. The summed E-state index contributed by atoms with van der Waals surface area (Å²) in [5.74, 6) is -0.176. The molecular formula is C44H58BrF2N11O7. The summed E-state index contributed by atoms with van der Waals surface area (Å²) >= 11 is 3.42. The summed E-state index contributed by atoms with van der Waals surface area (Å²) in [7, 11) is 1.00. The first-order chi connectivity index (χ1) is 30.6. The second kappa shape index (κ2) is 22.7. The minimum Gasteiger partial charge on any atom is -0.444 e. The summed E-state index contributed by atoms with van der Waals surface area (Å²) in [6, 6.07) is 9.86. The standard InChI is InChI=1S/C22H27FN6O3.C21H27BrFN5O3.CH4O/c1-14-19(30)29(12-16-10-17(23)8-7-15(16)11-24)20(27-26-14)28-9-5-6-18(13-28)25-21(31)32-22(2,3)4;1-13-18(29)28(11-14-10-15(23)7-8-17(14)22)19(26-25-13)27-9-5-6-16(12-27)24-20(30)31-21(2,3)4;1-2/h7-8,10,18H,5-6,9,12-13H2,1-4H3,(H,25,31);7-8,10,16H,5-6,9,11-12H2,1-4H3,(H,24,30);2H,1H3/t18-;16-;/m11./s1. The summed E-state index contributed by atoms with van der Waals surface area (Å²) in [5.41, 5.74) is -0.110. The predicted octanol–water partition coefficient (Wildman–Crippen LogP) is 5.50. The molecule has 18 nitrogen and oxygen atoms in total. The Labute approximate surface area is 385 Å². The molecule has 65 heavy (non-hydrogen) atoms. The number of benzene rings is 2. The van der Waals surface area contributed by atoms with E-state index in [2.05, 4.69) is 47.0 Å². The van der Waals surface area contributed by atoms with Gasteiger partial charge in [0.15, 0.2) is 0 Å². The van der Waals surface area contributed by atoms with Crippen LogP contribution in [0.5, 0.6) is 0 Å². The molecule has 2 atom stereocenters. The molecule has 6 rings (SSSR count). The molecule has 0 bridgehead atoms. The Morgan fingerprint density at radius 2 is 1.17 bits per heavy atom. The second-order valence-corrected chi connectivity index (χ2v) is 18.3. The molecule has 2 aliphatic heterocycles. The van der Waals surface area contributed by atoms with Gasteiger partial charge in [0.05, 0.1) is 24.7 Å². The Balaban J connectivity index is 0.000000274. The number of hydrogen-bond donors (Lipinski definition) is 3. The highest BCUT2D eigenvalue weighted by Crippen LogP contribution is 2.23. The van der Waals surface area contributed by atoms with E-state index in [-0.39, 0.29) is 59.1 Å². The van der Waals surface area contributed by atoms with Gasteiger partial charge in [-0.25, -0.2) is 18.4 Å². The fourth-order valence-electron chi connectivity index (χ4n) is 7.07. The lowest BCUT2D eigenvalue weighted by molar-refractivity contribution is 0.0487. The van der Waals surface area contributed by atoms with Crippen molar-refractivity contribution in [2.24, 2.45) is 0 Å². The van der Waals surface area contributed by atoms with Crippen LogP contribution in [0.3, 0.4) is 0 Å². The Hall–Kier alpha value is -6.01. The van der Waals surface area contributed by atoms with Gasteiger partial charge in [0.2, 0.25) is 11.9 Å². The summed E-state index contributed by atoms with van der Waals surface area (Å²) in [5, 5.41) is 38.6. The largest absolute Gasteiger partial charge is 0.444 e. The molecule has 0 radical (unpaired) electrons. The van der Waals surface area contributed by atoms with Crippen molar-refractivity contribution in [3.8, 4) is 6.07 Å². The number of aromatic nitrogens is 6. The van der Waals surface area contributed by atoms with Crippen molar-refractivity contribution in [3.05, 3.63) is 101 Å². The van der Waals surface area contributed by atoms with Crippen molar-refractivity contribution in [3.63, 3.8) is 0 Å². The van der Waals surface area contributed by atoms with Crippen molar-refractivity contribution < 1.29 is 33.0 Å². The Morgan fingerprint density at radius 3 is 1.60 bits per heavy atom. The summed E-state index contributed by atoms with van der Waals surface area (Å²) in [4.78, 5) is 53.9. The van der Waals surface area contributed by atoms with E-state index in [0.29, 0.717) is 53.7 Å². The summed E-state index contributed by atoms with van der Waals surface area (Å²) < 4.78 is 41.9. The van der Waals surface area contributed by atoms with Crippen molar-refractivity contribution >= 4 is 40.0 Å². The highest BCUT2D eigenvalue weighted by Gasteiger charge is 2.29. The fourth-order valence-corrected chi connectivity index (χ4v) is 7.44. The number of hydrogen-bond acceptors (Lipinski definition) is 14. The van der Waals surface area contributed by atoms with E-state index in [1.165, 1.54) is 39.5 Å². The summed E-state index contributed by atoms with van der Waals surface area (Å²) in [6.07, 6.45) is 2.11. The molecule has 4 heterocycles. The molecule has 2 aromatic heterocycles. The average Bonchev–Trinajstić information content (AvgIpc) is 3.22. The number of alkyl carbamates (subject to hydrolysis) is 2. The van der Waals surface area contributed by atoms with Gasteiger partial charge in [0.1, 0.15) is 34.2 Å². The highest BCUT2D eigenvalue weighted by atomic mass is 79.9. The fraction of sp³-hybridized carbons (Fsp3) is 0.523. The highest BCUT2D eigenvalue weighted by molar-refractivity contribution is 9.10. The predicted molar refractivity (Wildman–Crippen MR) is 243 cm³/mol. The molecule has 4 aromatic rings. The quantitative estimate of drug-likeness (QED) is 0.199. The van der Waals surface area contributed by atoms with Gasteiger partial charge < -0.3 is 35.0 Å². The van der Waals surface area contributed by atoms with E-state index < -0.39 is 29.2 Å². The zero-order valence-corrected chi connectivity index (χ0v) is 39.8. The molecule has 2 amide bonds. The van der Waals surface area contributed by atoms with E-state index >= 15 is 0 Å². The molecular weight excluding hydrogens is 912 g/mol. The van der Waals surface area contributed by atoms with Gasteiger partial charge in [0, 0.05) is 49.8 Å². The van der Waals surface area contributed by atoms with Crippen LogP contribution in [0.1, 0.15) is 95.3 Å². The SMILES string of the molecule is CO.Cc1nnc(N2CCC[C@@H](NC(=O)OC(C)(C)C)C2)n(Cc2cc(F)ccc2Br)c1=O.Cc1nnc(N2CCC[C@@H](NC(=O)OC(C)(C)C)C2)n(Cc2cc(F)ccc2C#N)c1=O. The number of piperidine rings is 2. The summed E-state index contributed by atoms with van der Waals surface area (Å²) in [6.45, 7) is 16.2. The normalized spacial score (nSPS) is 16.2. The van der Waals surface area contributed by atoms with Crippen LogP contribution >= 0.6 is 15.9 Å². The third-order valence-corrected chi connectivity index (χ3v) is 10.6. The zero-order chi connectivity index (χ0) is 48.2. The monoisotopic (exact) mass is 969 g/mol. The van der Waals surface area contributed by atoms with Crippen LogP contribution in [0.4, 0.5) is 30.3 Å². The van der Waals surface area contributed by atoms with Crippen molar-refractivity contribution in [2.45, 2.75) is 117 Å². The van der Waals surface area contributed by atoms with Crippen molar-refractivity contribution in [1.29, 1.82) is 5.26 Å². The van der Waals surface area contributed by atoms with Crippen LogP contribution in [0.15, 0.2) is 50.5 Å². The van der Waals surface area contributed by atoms with Gasteiger partial charge in [-0.3, -0.25) is 18.7 Å². The number of halogens is 3. The van der Waals surface area contributed by atoms with Crippen molar-refractivity contribution in [2.75, 3.05) is 43.1 Å². The first kappa shape index (κ1) is 51.6. The molecule has 352 valence electrons. The number of aliphatic hydroxyl groups excluding tert-OH is 1. The van der Waals surface area contributed by atoms with E-state index in [4.69, 9.17) is 14.6 Å². The van der Waals surface area contributed by atoms with Gasteiger partial charge in [-0.15, -0.1) is 20.4 Å². The van der Waals surface area contributed by atoms with Gasteiger partial charge in [-0.2, -0.15) is 5.26 Å². The van der Waals surface area contributed by atoms with E-state index in [1.807, 2.05) is 36.6 Å². The van der Waals surface area contributed by atoms with Crippen LogP contribution in [0.25, 0.3) is 0 Å². The van der Waals surface area contributed by atoms with Crippen LogP contribution < -0.4 is 31.6 Å². The first-order valence-electron chi connectivity index (χ1n) is 21.0. The van der Waals surface area contributed by atoms with E-state index in [1.54, 1.807) is 40.7 Å². The lowest BCUT2D eigenvalue weighted by Crippen LogP contribution is -2.50. The third-order valence-electron chi connectivity index (χ3n) is 9.87. The number of rotatable bonds is 8. The number of nitrogens with zero attached hydrogens (tertiary/aromatic N) is 9. The number of carbonyl (C=O) groups is 2. The Bertz CT molecular complexity index is 2470. The molecule has 21 heteroatoms. The zero-order valence-electron chi connectivity index (χ0n) is 38.2. The molecule has 0 unspecified atom stereocenters. The average molecular weight is 971 g/mol. The number of anilines is 2. The lowest BCUT2D eigenvalue weighted by Gasteiger charge is -2.35. The number of ether oxygens (including phenoxy) is 2. The van der Waals surface area contributed by atoms with E-state index in [0.717, 1.165) is 32.8 Å². The second-order valence-electron chi connectivity index (χ2n) is 17.5. The molecule has 0 aliphatic carbocycles. The maximum atomic E-state index is 13.8. The van der Waals surface area contributed by atoms with Crippen LogP contribution in [-0.4, -0.2) is 103 Å². The Kier molecular flexibility index (Phi) is 18.1. The molecule has 2 fully saturated rings. The van der Waals surface area contributed by atoms with Gasteiger partial charge in [0.25, 0.3) is 11.1 Å². The van der Waals surface area contributed by atoms with Crippen LogP contribution in [0, 0.1) is 36.8 Å². The molecule has 0 spiro atoms. The number of carbonyl (C=O) groups excluding carboxylic acids is 2. The van der Waals surface area contributed by atoms with Gasteiger partial charge in [-0.1, -0.05) is 15.9 Å². The van der Waals surface area contributed by atoms with Gasteiger partial charge >= 0.3 is 12.2 Å². The van der Waals surface area contributed by atoms with Crippen molar-refractivity contribution in [1.82, 2.24) is 40.2 Å². The maximum Gasteiger partial charge on any atom is 0.407 e. The Morgan fingerprint density at radius 1 is 0.754 bits per heavy atom. The molecule has 2 saturated heterocycles.